The van der Waals surface area contributed by atoms with Gasteiger partial charge in [0, 0.05) is 29.3 Å². The maximum atomic E-state index is 3.48. The zero-order chi connectivity index (χ0) is 11.4. The van der Waals surface area contributed by atoms with E-state index < -0.39 is 0 Å². The summed E-state index contributed by atoms with van der Waals surface area (Å²) >= 11 is 3.48. The summed E-state index contributed by atoms with van der Waals surface area (Å²) in [6.07, 6.45) is 2.79. The lowest BCUT2D eigenvalue weighted by Crippen LogP contribution is -2.30. The predicted molar refractivity (Wildman–Crippen MR) is 72.9 cm³/mol. The molecule has 0 aromatic heterocycles. The molecule has 1 fully saturated rings. The molecule has 88 valence electrons. The molecule has 0 radical (unpaired) electrons. The molecule has 0 aliphatic heterocycles. The third-order valence-corrected chi connectivity index (χ3v) is 3.52. The fraction of sp³-hybridized carbons (Fsp3) is 0.538. The molecule has 0 spiro atoms. The fourth-order valence-corrected chi connectivity index (χ4v) is 2.38. The first kappa shape index (κ1) is 11.9. The molecule has 3 heteroatoms. The molecule has 16 heavy (non-hydrogen) atoms. The van der Waals surface area contributed by atoms with E-state index in [1.807, 2.05) is 6.07 Å². The lowest BCUT2D eigenvalue weighted by Gasteiger charge is -2.20. The van der Waals surface area contributed by atoms with Crippen LogP contribution in [0, 0.1) is 0 Å². The highest BCUT2D eigenvalue weighted by Gasteiger charge is 2.26. The molecular formula is C13H19BrN2. The van der Waals surface area contributed by atoms with Gasteiger partial charge in [0.25, 0.3) is 0 Å². The molecule has 0 unspecified atom stereocenters. The lowest BCUT2D eigenvalue weighted by molar-refractivity contribution is 0.289. The lowest BCUT2D eigenvalue weighted by atomic mass is 10.3. The van der Waals surface area contributed by atoms with Crippen molar-refractivity contribution in [3.63, 3.8) is 0 Å². The van der Waals surface area contributed by atoms with Crippen molar-refractivity contribution in [2.24, 2.45) is 0 Å². The van der Waals surface area contributed by atoms with Crippen LogP contribution >= 0.6 is 15.9 Å². The first-order valence-electron chi connectivity index (χ1n) is 6.03. The Morgan fingerprint density at radius 3 is 2.88 bits per heavy atom. The Morgan fingerprint density at radius 2 is 2.25 bits per heavy atom. The Labute approximate surface area is 106 Å². The Morgan fingerprint density at radius 1 is 1.44 bits per heavy atom. The quantitative estimate of drug-likeness (QED) is 0.861. The first-order chi connectivity index (χ1) is 7.79. The smallest absolute Gasteiger partial charge is 0.0351 e. The molecule has 1 aliphatic rings. The molecule has 1 N–H and O–H groups in total. The number of halogens is 1. The van der Waals surface area contributed by atoms with Gasteiger partial charge >= 0.3 is 0 Å². The van der Waals surface area contributed by atoms with Crippen molar-refractivity contribution in [1.82, 2.24) is 4.90 Å². The van der Waals surface area contributed by atoms with Gasteiger partial charge in [0.2, 0.25) is 0 Å². The van der Waals surface area contributed by atoms with Crippen LogP contribution in [0.1, 0.15) is 19.8 Å². The third kappa shape index (κ3) is 3.49. The standard InChI is InChI=1S/C13H19BrN2/c1-2-16(13-6-7-13)9-8-15-12-5-3-4-11(14)10-12/h3-5,10,13,15H,2,6-9H2,1H3. The summed E-state index contributed by atoms with van der Waals surface area (Å²) in [5, 5.41) is 3.46. The van der Waals surface area contributed by atoms with Crippen molar-refractivity contribution >= 4 is 21.6 Å². The van der Waals surface area contributed by atoms with E-state index >= 15 is 0 Å². The van der Waals surface area contributed by atoms with E-state index in [1.54, 1.807) is 0 Å². The van der Waals surface area contributed by atoms with Gasteiger partial charge in [0.15, 0.2) is 0 Å². The Hall–Kier alpha value is -0.540. The van der Waals surface area contributed by atoms with Crippen molar-refractivity contribution in [2.75, 3.05) is 25.0 Å². The van der Waals surface area contributed by atoms with Crippen molar-refractivity contribution in [3.8, 4) is 0 Å². The van der Waals surface area contributed by atoms with Gasteiger partial charge in [0.05, 0.1) is 0 Å². The minimum absolute atomic E-state index is 0.870. The maximum Gasteiger partial charge on any atom is 0.0351 e. The van der Waals surface area contributed by atoms with Crippen molar-refractivity contribution < 1.29 is 0 Å². The SMILES string of the molecule is CCN(CCNc1cccc(Br)c1)C1CC1. The van der Waals surface area contributed by atoms with E-state index in [-0.39, 0.29) is 0 Å². The topological polar surface area (TPSA) is 15.3 Å². The van der Waals surface area contributed by atoms with Crippen LogP contribution in [-0.4, -0.2) is 30.6 Å². The number of hydrogen-bond donors (Lipinski definition) is 1. The van der Waals surface area contributed by atoms with E-state index in [2.05, 4.69) is 51.3 Å². The molecule has 1 aromatic carbocycles. The number of anilines is 1. The molecule has 0 amide bonds. The van der Waals surface area contributed by atoms with Crippen LogP contribution in [0.5, 0.6) is 0 Å². The van der Waals surface area contributed by atoms with E-state index in [1.165, 1.54) is 25.1 Å². The average Bonchev–Trinajstić information content (AvgIpc) is 3.08. The van der Waals surface area contributed by atoms with Gasteiger partial charge in [-0.1, -0.05) is 28.9 Å². The van der Waals surface area contributed by atoms with E-state index in [4.69, 9.17) is 0 Å². The molecule has 2 nitrogen and oxygen atoms in total. The van der Waals surface area contributed by atoms with Crippen LogP contribution in [0.2, 0.25) is 0 Å². The predicted octanol–water partition coefficient (Wildman–Crippen LogP) is 3.35. The summed E-state index contributed by atoms with van der Waals surface area (Å²) in [5.41, 5.74) is 1.20. The molecule has 1 aromatic rings. The van der Waals surface area contributed by atoms with Crippen LogP contribution in [-0.2, 0) is 0 Å². The molecule has 0 heterocycles. The highest BCUT2D eigenvalue weighted by atomic mass is 79.9. The zero-order valence-electron chi connectivity index (χ0n) is 9.75. The van der Waals surface area contributed by atoms with Crippen molar-refractivity contribution in [2.45, 2.75) is 25.8 Å². The van der Waals surface area contributed by atoms with Crippen molar-refractivity contribution in [1.29, 1.82) is 0 Å². The van der Waals surface area contributed by atoms with Crippen LogP contribution in [0.3, 0.4) is 0 Å². The highest BCUT2D eigenvalue weighted by Crippen LogP contribution is 2.26. The number of benzene rings is 1. The van der Waals surface area contributed by atoms with Gasteiger partial charge in [-0.05, 0) is 37.6 Å². The summed E-state index contributed by atoms with van der Waals surface area (Å²) in [6, 6.07) is 9.21. The molecule has 0 atom stereocenters. The Kier molecular flexibility index (Phi) is 4.24. The second-order valence-electron chi connectivity index (χ2n) is 4.30. The van der Waals surface area contributed by atoms with Gasteiger partial charge in [0.1, 0.15) is 0 Å². The van der Waals surface area contributed by atoms with E-state index in [0.29, 0.717) is 0 Å². The second kappa shape index (κ2) is 5.69. The molecule has 2 rings (SSSR count). The fourth-order valence-electron chi connectivity index (χ4n) is 1.98. The molecule has 1 aliphatic carbocycles. The van der Waals surface area contributed by atoms with Crippen LogP contribution < -0.4 is 5.32 Å². The second-order valence-corrected chi connectivity index (χ2v) is 5.21. The van der Waals surface area contributed by atoms with Crippen molar-refractivity contribution in [3.05, 3.63) is 28.7 Å². The number of nitrogens with zero attached hydrogens (tertiary/aromatic N) is 1. The zero-order valence-corrected chi connectivity index (χ0v) is 11.3. The highest BCUT2D eigenvalue weighted by molar-refractivity contribution is 9.10. The summed E-state index contributed by atoms with van der Waals surface area (Å²) in [4.78, 5) is 2.56. The normalized spacial score (nSPS) is 15.4. The van der Waals surface area contributed by atoms with Gasteiger partial charge in [-0.2, -0.15) is 0 Å². The van der Waals surface area contributed by atoms with Crippen LogP contribution in [0.4, 0.5) is 5.69 Å². The largest absolute Gasteiger partial charge is 0.384 e. The average molecular weight is 283 g/mol. The Bertz CT molecular complexity index is 336. The molecular weight excluding hydrogens is 264 g/mol. The summed E-state index contributed by atoms with van der Waals surface area (Å²) < 4.78 is 1.13. The third-order valence-electron chi connectivity index (χ3n) is 3.02. The summed E-state index contributed by atoms with van der Waals surface area (Å²) in [7, 11) is 0. The number of likely N-dealkylation sites (N-methyl/N-ethyl adjacent to an activating group) is 1. The van der Waals surface area contributed by atoms with Crippen LogP contribution in [0.25, 0.3) is 0 Å². The van der Waals surface area contributed by atoms with E-state index in [0.717, 1.165) is 23.6 Å². The minimum Gasteiger partial charge on any atom is -0.384 e. The Balaban J connectivity index is 1.74. The number of nitrogens with one attached hydrogen (secondary N) is 1. The molecule has 0 bridgehead atoms. The first-order valence-corrected chi connectivity index (χ1v) is 6.82. The molecule has 1 saturated carbocycles. The monoisotopic (exact) mass is 282 g/mol. The summed E-state index contributed by atoms with van der Waals surface area (Å²) in [6.45, 7) is 5.59. The van der Waals surface area contributed by atoms with Gasteiger partial charge in [-0.15, -0.1) is 0 Å². The van der Waals surface area contributed by atoms with Gasteiger partial charge < -0.3 is 5.32 Å². The molecule has 0 saturated heterocycles. The number of rotatable bonds is 6. The van der Waals surface area contributed by atoms with Crippen LogP contribution in [0.15, 0.2) is 28.7 Å². The minimum atomic E-state index is 0.870. The summed E-state index contributed by atoms with van der Waals surface area (Å²) in [5.74, 6) is 0. The maximum absolute atomic E-state index is 3.48. The van der Waals surface area contributed by atoms with Gasteiger partial charge in [-0.3, -0.25) is 4.90 Å². The number of hydrogen-bond acceptors (Lipinski definition) is 2. The van der Waals surface area contributed by atoms with E-state index in [9.17, 15) is 0 Å². The van der Waals surface area contributed by atoms with Gasteiger partial charge in [-0.25, -0.2) is 0 Å².